The number of hydrogen-bond acceptors (Lipinski definition) is 4. The molecule has 4 aromatic rings. The summed E-state index contributed by atoms with van der Waals surface area (Å²) in [4.78, 5) is 29.7. The third-order valence-electron chi connectivity index (χ3n) is 8.27. The van der Waals surface area contributed by atoms with Crippen molar-refractivity contribution in [3.63, 3.8) is 0 Å². The van der Waals surface area contributed by atoms with Crippen LogP contribution in [0.3, 0.4) is 0 Å². The zero-order chi connectivity index (χ0) is 32.7. The van der Waals surface area contributed by atoms with E-state index in [-0.39, 0.29) is 35.2 Å². The molecule has 1 aliphatic carbocycles. The summed E-state index contributed by atoms with van der Waals surface area (Å²) in [6.07, 6.45) is 3.72. The van der Waals surface area contributed by atoms with Gasteiger partial charge in [0.15, 0.2) is 0 Å². The molecule has 0 aliphatic heterocycles. The van der Waals surface area contributed by atoms with E-state index in [1.54, 1.807) is 18.2 Å². The number of nitrogens with one attached hydrogen (secondary N) is 1. The number of aryl methyl sites for hydroxylation is 1. The van der Waals surface area contributed by atoms with E-state index in [2.05, 4.69) is 5.32 Å². The Hall–Kier alpha value is -4.57. The van der Waals surface area contributed by atoms with Gasteiger partial charge in [-0.3, -0.25) is 13.9 Å². The van der Waals surface area contributed by atoms with Crippen molar-refractivity contribution in [2.24, 2.45) is 0 Å². The molecule has 1 unspecified atom stereocenters. The zero-order valence-electron chi connectivity index (χ0n) is 25.6. The molecular weight excluding hydrogens is 608 g/mol. The highest BCUT2D eigenvalue weighted by atomic mass is 32.2. The molecule has 2 amide bonds. The quantitative estimate of drug-likeness (QED) is 0.200. The number of sulfonamides is 1. The van der Waals surface area contributed by atoms with E-state index < -0.39 is 46.1 Å². The number of halogens is 2. The fraction of sp³-hybridized carbons (Fsp3) is 0.278. The second-order valence-corrected chi connectivity index (χ2v) is 13.5. The molecule has 0 bridgehead atoms. The molecule has 0 saturated heterocycles. The van der Waals surface area contributed by atoms with Crippen molar-refractivity contribution in [2.75, 3.05) is 10.8 Å². The summed E-state index contributed by atoms with van der Waals surface area (Å²) in [6, 6.07) is 25.0. The molecule has 5 rings (SSSR count). The molecular formula is C36H37F2N3O4S. The smallest absolute Gasteiger partial charge is 0.264 e. The first-order valence-corrected chi connectivity index (χ1v) is 16.8. The minimum Gasteiger partial charge on any atom is -0.352 e. The van der Waals surface area contributed by atoms with E-state index in [1.807, 2.05) is 37.3 Å². The summed E-state index contributed by atoms with van der Waals surface area (Å²) in [5.41, 5.74) is 1.87. The minimum atomic E-state index is -4.33. The number of carbonyl (C=O) groups is 2. The van der Waals surface area contributed by atoms with Crippen molar-refractivity contribution in [3.05, 3.63) is 131 Å². The molecule has 240 valence electrons. The third-order valence-corrected chi connectivity index (χ3v) is 10.1. The second-order valence-electron chi connectivity index (χ2n) is 11.6. The first kappa shape index (κ1) is 32.8. The number of benzene rings is 4. The van der Waals surface area contributed by atoms with Crippen LogP contribution < -0.4 is 9.62 Å². The molecule has 1 fully saturated rings. The van der Waals surface area contributed by atoms with Gasteiger partial charge in [0, 0.05) is 24.6 Å². The molecule has 7 nitrogen and oxygen atoms in total. The Labute approximate surface area is 268 Å². The fourth-order valence-corrected chi connectivity index (χ4v) is 7.12. The maximum absolute atomic E-state index is 15.1. The van der Waals surface area contributed by atoms with Crippen LogP contribution in [-0.2, 0) is 32.6 Å². The van der Waals surface area contributed by atoms with Crippen molar-refractivity contribution in [2.45, 2.75) is 62.6 Å². The molecule has 46 heavy (non-hydrogen) atoms. The Morgan fingerprint density at radius 1 is 0.848 bits per heavy atom. The van der Waals surface area contributed by atoms with Crippen LogP contribution in [0.2, 0.25) is 0 Å². The molecule has 1 aliphatic rings. The van der Waals surface area contributed by atoms with Crippen molar-refractivity contribution in [1.82, 2.24) is 10.2 Å². The Balaban J connectivity index is 1.57. The largest absolute Gasteiger partial charge is 0.352 e. The lowest BCUT2D eigenvalue weighted by molar-refractivity contribution is -0.140. The van der Waals surface area contributed by atoms with Crippen molar-refractivity contribution in [3.8, 4) is 0 Å². The van der Waals surface area contributed by atoms with Crippen LogP contribution in [0.15, 0.2) is 108 Å². The lowest BCUT2D eigenvalue weighted by Crippen LogP contribution is -2.54. The van der Waals surface area contributed by atoms with E-state index in [1.165, 1.54) is 47.4 Å². The average Bonchev–Trinajstić information content (AvgIpc) is 3.56. The predicted octanol–water partition coefficient (Wildman–Crippen LogP) is 6.17. The Bertz CT molecular complexity index is 1740. The first-order valence-electron chi connectivity index (χ1n) is 15.3. The van der Waals surface area contributed by atoms with E-state index in [9.17, 15) is 22.4 Å². The van der Waals surface area contributed by atoms with Gasteiger partial charge in [0.25, 0.3) is 10.0 Å². The normalized spacial score (nSPS) is 14.1. The molecule has 1 atom stereocenters. The van der Waals surface area contributed by atoms with Crippen LogP contribution in [0.5, 0.6) is 0 Å². The number of amides is 2. The summed E-state index contributed by atoms with van der Waals surface area (Å²) in [5, 5.41) is 3.09. The first-order chi connectivity index (χ1) is 22.1. The van der Waals surface area contributed by atoms with Crippen LogP contribution in [0.4, 0.5) is 14.5 Å². The second kappa shape index (κ2) is 14.7. The van der Waals surface area contributed by atoms with Crippen LogP contribution in [-0.4, -0.2) is 43.8 Å². The van der Waals surface area contributed by atoms with E-state index in [0.29, 0.717) is 0 Å². The molecule has 0 radical (unpaired) electrons. The van der Waals surface area contributed by atoms with E-state index in [4.69, 9.17) is 0 Å². The molecule has 4 aromatic carbocycles. The van der Waals surface area contributed by atoms with Gasteiger partial charge in [-0.05, 0) is 67.8 Å². The summed E-state index contributed by atoms with van der Waals surface area (Å²) >= 11 is 0. The topological polar surface area (TPSA) is 86.8 Å². The average molecular weight is 646 g/mol. The Morgan fingerprint density at radius 2 is 1.48 bits per heavy atom. The highest BCUT2D eigenvalue weighted by Crippen LogP contribution is 2.26. The SMILES string of the molecule is Cc1ccc(S(=O)(=O)N(CC(=O)N(Cc2ccccc2F)C(Cc2ccccc2)C(=O)NC2CCCC2)c2ccc(F)cc2)cc1. The fourth-order valence-electron chi connectivity index (χ4n) is 5.71. The van der Waals surface area contributed by atoms with Crippen LogP contribution in [0, 0.1) is 18.6 Å². The molecule has 0 aromatic heterocycles. The summed E-state index contributed by atoms with van der Waals surface area (Å²) in [7, 11) is -4.33. The van der Waals surface area contributed by atoms with Gasteiger partial charge in [-0.1, -0.05) is 79.1 Å². The lowest BCUT2D eigenvalue weighted by atomic mass is 10.0. The van der Waals surface area contributed by atoms with Crippen molar-refractivity contribution >= 4 is 27.5 Å². The van der Waals surface area contributed by atoms with Crippen LogP contribution in [0.25, 0.3) is 0 Å². The van der Waals surface area contributed by atoms with Gasteiger partial charge in [-0.2, -0.15) is 0 Å². The van der Waals surface area contributed by atoms with Gasteiger partial charge in [-0.15, -0.1) is 0 Å². The van der Waals surface area contributed by atoms with Gasteiger partial charge in [0.2, 0.25) is 11.8 Å². The van der Waals surface area contributed by atoms with E-state index in [0.717, 1.165) is 53.2 Å². The molecule has 0 heterocycles. The van der Waals surface area contributed by atoms with Gasteiger partial charge < -0.3 is 10.2 Å². The summed E-state index contributed by atoms with van der Waals surface area (Å²) in [5.74, 6) is -2.24. The van der Waals surface area contributed by atoms with Gasteiger partial charge in [0.05, 0.1) is 10.6 Å². The maximum Gasteiger partial charge on any atom is 0.264 e. The van der Waals surface area contributed by atoms with Gasteiger partial charge >= 0.3 is 0 Å². The standard InChI is InChI=1S/C36H37F2N3O4S/c1-26-15-21-32(22-16-26)46(44,45)41(31-19-17-29(37)18-20-31)25-35(42)40(24-28-11-5-8-14-33(28)38)34(23-27-9-3-2-4-10-27)36(43)39-30-12-6-7-13-30/h2-5,8-11,14-22,30,34H,6-7,12-13,23-25H2,1H3,(H,39,43). The van der Waals surface area contributed by atoms with Crippen molar-refractivity contribution in [1.29, 1.82) is 0 Å². The number of hydrogen-bond donors (Lipinski definition) is 1. The number of carbonyl (C=O) groups excluding carboxylic acids is 2. The highest BCUT2D eigenvalue weighted by molar-refractivity contribution is 7.92. The minimum absolute atomic E-state index is 0.0474. The lowest BCUT2D eigenvalue weighted by Gasteiger charge is -2.34. The zero-order valence-corrected chi connectivity index (χ0v) is 26.4. The molecule has 1 saturated carbocycles. The monoisotopic (exact) mass is 645 g/mol. The third kappa shape index (κ3) is 7.98. The maximum atomic E-state index is 15.1. The Kier molecular flexibility index (Phi) is 10.5. The molecule has 0 spiro atoms. The van der Waals surface area contributed by atoms with E-state index >= 15 is 4.39 Å². The van der Waals surface area contributed by atoms with Crippen LogP contribution in [0.1, 0.15) is 42.4 Å². The number of rotatable bonds is 12. The van der Waals surface area contributed by atoms with Crippen LogP contribution >= 0.6 is 0 Å². The molecule has 10 heteroatoms. The molecule has 1 N–H and O–H groups in total. The number of anilines is 1. The highest BCUT2D eigenvalue weighted by Gasteiger charge is 2.36. The van der Waals surface area contributed by atoms with Gasteiger partial charge in [-0.25, -0.2) is 17.2 Å². The predicted molar refractivity (Wildman–Crippen MR) is 173 cm³/mol. The summed E-state index contributed by atoms with van der Waals surface area (Å²) < 4.78 is 58.0. The summed E-state index contributed by atoms with van der Waals surface area (Å²) in [6.45, 7) is 0.836. The Morgan fingerprint density at radius 3 is 2.13 bits per heavy atom. The van der Waals surface area contributed by atoms with Crippen molar-refractivity contribution < 1.29 is 26.8 Å². The number of nitrogens with zero attached hydrogens (tertiary/aromatic N) is 2. The van der Waals surface area contributed by atoms with Gasteiger partial charge in [0.1, 0.15) is 24.2 Å².